The van der Waals surface area contributed by atoms with Crippen molar-refractivity contribution in [3.8, 4) is 5.88 Å². The van der Waals surface area contributed by atoms with E-state index >= 15 is 0 Å². The Hall–Kier alpha value is -4.96. The molecule has 1 fully saturated rings. The third kappa shape index (κ3) is 4.28. The van der Waals surface area contributed by atoms with Crippen LogP contribution >= 0.6 is 0 Å². The summed E-state index contributed by atoms with van der Waals surface area (Å²) in [6, 6.07) is 14.9. The van der Waals surface area contributed by atoms with Gasteiger partial charge < -0.3 is 20.2 Å². The van der Waals surface area contributed by atoms with E-state index in [1.165, 1.54) is 0 Å². The van der Waals surface area contributed by atoms with Gasteiger partial charge in [0.25, 0.3) is 0 Å². The number of hydrogen-bond acceptors (Lipinski definition) is 8. The molecule has 198 valence electrons. The van der Waals surface area contributed by atoms with Crippen molar-refractivity contribution in [1.29, 1.82) is 5.41 Å². The molecule has 1 saturated heterocycles. The van der Waals surface area contributed by atoms with E-state index in [4.69, 9.17) is 24.9 Å². The Kier molecular flexibility index (Phi) is 6.01. The van der Waals surface area contributed by atoms with E-state index in [2.05, 4.69) is 20.5 Å². The zero-order valence-electron chi connectivity index (χ0n) is 21.4. The lowest BCUT2D eigenvalue weighted by atomic mass is 9.79. The minimum absolute atomic E-state index is 0.0588. The molecule has 0 spiro atoms. The predicted molar refractivity (Wildman–Crippen MR) is 150 cm³/mol. The SMILES string of the molecule is N=C1C(c2cccc3[nH]ncc23)=CC(c2cccc(OC[C@@H]3CCCO3)n2)=C2N=C(c3ccncc3)NC(=O)C12. The Bertz CT molecular complexity index is 1730. The standard InChI is InChI=1S/C30H25N7O3/c31-27-20(19-5-1-7-24-22(19)15-33-37-24)14-21(23-6-2-8-25(34-23)40-16-18-4-3-13-39-18)28-26(27)30(38)36-29(35-28)17-9-11-32-12-10-17/h1-2,5-12,14-15,18,26,31H,3-4,13,16H2,(H,33,37)(H,35,36,38)/t18-,26?/m0/s1. The molecule has 1 aromatic carbocycles. The first kappa shape index (κ1) is 24.1. The maximum atomic E-state index is 13.6. The van der Waals surface area contributed by atoms with Crippen LogP contribution in [0.5, 0.6) is 5.88 Å². The number of aromatic amines is 1. The second kappa shape index (κ2) is 9.97. The van der Waals surface area contributed by atoms with Crippen molar-refractivity contribution in [2.45, 2.75) is 18.9 Å². The fourth-order valence-electron chi connectivity index (χ4n) is 5.34. The molecule has 7 rings (SSSR count). The molecule has 2 aliphatic heterocycles. The molecule has 3 N–H and O–H groups in total. The van der Waals surface area contributed by atoms with E-state index in [9.17, 15) is 4.79 Å². The number of rotatable bonds is 6. The molecule has 0 saturated carbocycles. The van der Waals surface area contributed by atoms with E-state index in [1.54, 1.807) is 30.7 Å². The van der Waals surface area contributed by atoms with Crippen molar-refractivity contribution in [2.24, 2.45) is 10.9 Å². The van der Waals surface area contributed by atoms with E-state index in [0.29, 0.717) is 40.9 Å². The largest absolute Gasteiger partial charge is 0.475 e. The molecule has 1 unspecified atom stereocenters. The number of carbonyl (C=O) groups excluding carboxylic acids is 1. The smallest absolute Gasteiger partial charge is 0.240 e. The van der Waals surface area contributed by atoms with Crippen molar-refractivity contribution in [2.75, 3.05) is 13.2 Å². The van der Waals surface area contributed by atoms with Crippen molar-refractivity contribution in [3.63, 3.8) is 0 Å². The van der Waals surface area contributed by atoms with Crippen LogP contribution in [0.25, 0.3) is 22.0 Å². The summed E-state index contributed by atoms with van der Waals surface area (Å²) >= 11 is 0. The number of pyridine rings is 2. The van der Waals surface area contributed by atoms with Gasteiger partial charge in [-0.15, -0.1) is 0 Å². The van der Waals surface area contributed by atoms with E-state index in [-0.39, 0.29) is 17.7 Å². The lowest BCUT2D eigenvalue weighted by molar-refractivity contribution is -0.121. The molecule has 0 bridgehead atoms. The van der Waals surface area contributed by atoms with E-state index in [1.807, 2.05) is 42.5 Å². The third-order valence-corrected chi connectivity index (χ3v) is 7.32. The van der Waals surface area contributed by atoms with Crippen LogP contribution in [-0.2, 0) is 9.53 Å². The summed E-state index contributed by atoms with van der Waals surface area (Å²) in [6.45, 7) is 1.17. The van der Waals surface area contributed by atoms with Crippen molar-refractivity contribution >= 4 is 39.5 Å². The number of H-pyrrole nitrogens is 1. The number of carbonyl (C=O) groups is 1. The zero-order valence-corrected chi connectivity index (χ0v) is 21.4. The highest BCUT2D eigenvalue weighted by atomic mass is 16.5. The Balaban J connectivity index is 1.38. The molecule has 0 radical (unpaired) electrons. The highest BCUT2D eigenvalue weighted by molar-refractivity contribution is 6.36. The van der Waals surface area contributed by atoms with Gasteiger partial charge in [-0.05, 0) is 48.7 Å². The van der Waals surface area contributed by atoms with Crippen LogP contribution in [0.1, 0.15) is 29.7 Å². The fraction of sp³-hybridized carbons (Fsp3) is 0.200. The normalized spacial score (nSPS) is 20.7. The number of benzene rings is 1. The number of allylic oxidation sites excluding steroid dienone is 3. The van der Waals surface area contributed by atoms with Gasteiger partial charge in [-0.1, -0.05) is 18.2 Å². The number of fused-ring (bicyclic) bond motifs is 2. The Morgan fingerprint density at radius 3 is 2.83 bits per heavy atom. The maximum absolute atomic E-state index is 13.6. The number of ether oxygens (including phenoxy) is 2. The van der Waals surface area contributed by atoms with Crippen LogP contribution in [0.15, 0.2) is 83.9 Å². The minimum Gasteiger partial charge on any atom is -0.475 e. The van der Waals surface area contributed by atoms with Crippen molar-refractivity contribution in [1.82, 2.24) is 25.5 Å². The number of aromatic nitrogens is 4. The summed E-state index contributed by atoms with van der Waals surface area (Å²) in [5.74, 6) is -0.372. The van der Waals surface area contributed by atoms with Gasteiger partial charge in [0.15, 0.2) is 0 Å². The molecule has 40 heavy (non-hydrogen) atoms. The molecule has 2 atom stereocenters. The first-order valence-corrected chi connectivity index (χ1v) is 13.1. The van der Waals surface area contributed by atoms with Crippen molar-refractivity contribution < 1.29 is 14.3 Å². The summed E-state index contributed by atoms with van der Waals surface area (Å²) in [6.07, 6.45) is 8.98. The average molecular weight is 532 g/mol. The van der Waals surface area contributed by atoms with Gasteiger partial charge in [0.05, 0.1) is 34.9 Å². The summed E-state index contributed by atoms with van der Waals surface area (Å²) < 4.78 is 11.7. The molecule has 3 aromatic heterocycles. The Labute approximate surface area is 229 Å². The molecule has 5 heterocycles. The van der Waals surface area contributed by atoms with Gasteiger partial charge in [0, 0.05) is 47.2 Å². The molecule has 1 amide bonds. The molecule has 4 aromatic rings. The van der Waals surface area contributed by atoms with Crippen LogP contribution in [0.2, 0.25) is 0 Å². The Morgan fingerprint density at radius 2 is 1.98 bits per heavy atom. The van der Waals surface area contributed by atoms with Crippen LogP contribution < -0.4 is 10.1 Å². The maximum Gasteiger partial charge on any atom is 0.240 e. The van der Waals surface area contributed by atoms with Crippen LogP contribution in [0.4, 0.5) is 0 Å². The molecule has 10 nitrogen and oxygen atoms in total. The fourth-order valence-corrected chi connectivity index (χ4v) is 5.34. The first-order chi connectivity index (χ1) is 19.7. The van der Waals surface area contributed by atoms with Gasteiger partial charge >= 0.3 is 0 Å². The molecular weight excluding hydrogens is 506 g/mol. The molecule has 1 aliphatic carbocycles. The minimum atomic E-state index is -0.916. The second-order valence-electron chi connectivity index (χ2n) is 9.83. The molecular formula is C30H25N7O3. The lowest BCUT2D eigenvalue weighted by Crippen LogP contribution is -2.45. The second-order valence-corrected chi connectivity index (χ2v) is 9.83. The van der Waals surface area contributed by atoms with Crippen LogP contribution in [0.3, 0.4) is 0 Å². The summed E-state index contributed by atoms with van der Waals surface area (Å²) in [5.41, 5.74) is 4.86. The topological polar surface area (TPSA) is 138 Å². The summed E-state index contributed by atoms with van der Waals surface area (Å²) in [4.78, 5) is 27.4. The number of hydrogen-bond donors (Lipinski definition) is 3. The third-order valence-electron chi connectivity index (χ3n) is 7.32. The van der Waals surface area contributed by atoms with Gasteiger partial charge in [-0.3, -0.25) is 14.9 Å². The Morgan fingerprint density at radius 1 is 1.10 bits per heavy atom. The average Bonchev–Trinajstić information content (AvgIpc) is 3.69. The predicted octanol–water partition coefficient (Wildman–Crippen LogP) is 3.93. The molecule has 10 heteroatoms. The van der Waals surface area contributed by atoms with E-state index in [0.717, 1.165) is 41.5 Å². The monoisotopic (exact) mass is 531 g/mol. The number of aliphatic imine (C=N–C) groups is 1. The lowest BCUT2D eigenvalue weighted by Gasteiger charge is -2.30. The van der Waals surface area contributed by atoms with Crippen LogP contribution in [-0.4, -0.2) is 56.9 Å². The zero-order chi connectivity index (χ0) is 27.1. The summed E-state index contributed by atoms with van der Waals surface area (Å²) in [5, 5.41) is 20.1. The highest BCUT2D eigenvalue weighted by Crippen LogP contribution is 2.40. The van der Waals surface area contributed by atoms with Gasteiger partial charge in [-0.2, -0.15) is 5.10 Å². The van der Waals surface area contributed by atoms with Crippen LogP contribution in [0, 0.1) is 11.3 Å². The van der Waals surface area contributed by atoms with Crippen molar-refractivity contribution in [3.05, 3.63) is 95.7 Å². The summed E-state index contributed by atoms with van der Waals surface area (Å²) in [7, 11) is 0. The van der Waals surface area contributed by atoms with E-state index < -0.39 is 5.92 Å². The van der Waals surface area contributed by atoms with Gasteiger partial charge in [0.2, 0.25) is 11.8 Å². The highest BCUT2D eigenvalue weighted by Gasteiger charge is 2.39. The van der Waals surface area contributed by atoms with Gasteiger partial charge in [-0.25, -0.2) is 9.98 Å². The number of amidine groups is 1. The molecule has 3 aliphatic rings. The number of nitrogens with one attached hydrogen (secondary N) is 3. The number of nitrogens with zero attached hydrogens (tertiary/aromatic N) is 4. The number of amides is 1. The quantitative estimate of drug-likeness (QED) is 0.345. The van der Waals surface area contributed by atoms with Gasteiger partial charge in [0.1, 0.15) is 18.4 Å². The first-order valence-electron chi connectivity index (χ1n) is 13.1.